The number of hydrogen-bond donors (Lipinski definition) is 1. The Labute approximate surface area is 124 Å². The van der Waals surface area contributed by atoms with Crippen molar-refractivity contribution in [1.82, 2.24) is 9.88 Å². The van der Waals surface area contributed by atoms with E-state index in [0.29, 0.717) is 19.1 Å². The van der Waals surface area contributed by atoms with E-state index < -0.39 is 5.60 Å². The van der Waals surface area contributed by atoms with Crippen molar-refractivity contribution < 1.29 is 9.53 Å². The summed E-state index contributed by atoms with van der Waals surface area (Å²) in [6.45, 7) is 11.1. The summed E-state index contributed by atoms with van der Waals surface area (Å²) in [7, 11) is 0. The monoisotopic (exact) mass is 297 g/mol. The van der Waals surface area contributed by atoms with Crippen molar-refractivity contribution in [3.05, 3.63) is 10.6 Å². The van der Waals surface area contributed by atoms with E-state index in [4.69, 9.17) is 4.74 Å². The number of carbonyl (C=O) groups is 1. The molecule has 0 unspecified atom stereocenters. The number of thiazole rings is 1. The molecule has 1 aromatic rings. The third-order valence-corrected chi connectivity index (χ3v) is 3.81. The molecule has 0 bridgehead atoms. The van der Waals surface area contributed by atoms with E-state index in [2.05, 4.69) is 24.1 Å². The maximum atomic E-state index is 12.1. The van der Waals surface area contributed by atoms with Crippen LogP contribution in [0.3, 0.4) is 0 Å². The first-order valence-electron chi connectivity index (χ1n) is 6.97. The van der Waals surface area contributed by atoms with Gasteiger partial charge in [0.1, 0.15) is 5.60 Å². The lowest BCUT2D eigenvalue weighted by atomic mass is 10.2. The summed E-state index contributed by atoms with van der Waals surface area (Å²) in [5, 5.41) is 4.26. The van der Waals surface area contributed by atoms with Crippen LogP contribution in [0.2, 0.25) is 0 Å². The number of anilines is 1. The SMILES string of the molecule is CC(C)Nc1nc2c(s1)CN(C(=O)OC(C)(C)C)CC2. The highest BCUT2D eigenvalue weighted by Crippen LogP contribution is 2.29. The molecule has 1 aliphatic heterocycles. The van der Waals surface area contributed by atoms with E-state index in [1.807, 2.05) is 20.8 Å². The molecule has 5 nitrogen and oxygen atoms in total. The molecular formula is C14H23N3O2S. The van der Waals surface area contributed by atoms with Crippen molar-refractivity contribution in [3.8, 4) is 0 Å². The van der Waals surface area contributed by atoms with Crippen LogP contribution in [0.25, 0.3) is 0 Å². The first-order valence-corrected chi connectivity index (χ1v) is 7.79. The normalized spacial score (nSPS) is 15.2. The highest BCUT2D eigenvalue weighted by Gasteiger charge is 2.27. The number of nitrogens with zero attached hydrogens (tertiary/aromatic N) is 2. The van der Waals surface area contributed by atoms with E-state index in [0.717, 1.165) is 22.1 Å². The number of amides is 1. The van der Waals surface area contributed by atoms with E-state index in [1.54, 1.807) is 16.2 Å². The van der Waals surface area contributed by atoms with Crippen LogP contribution in [-0.4, -0.2) is 34.2 Å². The molecule has 2 rings (SSSR count). The number of aromatic nitrogens is 1. The average molecular weight is 297 g/mol. The summed E-state index contributed by atoms with van der Waals surface area (Å²) >= 11 is 1.63. The zero-order chi connectivity index (χ0) is 14.9. The number of carbonyl (C=O) groups excluding carboxylic acids is 1. The molecule has 1 amide bonds. The first-order chi connectivity index (χ1) is 9.24. The number of nitrogens with one attached hydrogen (secondary N) is 1. The Hall–Kier alpha value is -1.30. The molecular weight excluding hydrogens is 274 g/mol. The van der Waals surface area contributed by atoms with Gasteiger partial charge >= 0.3 is 6.09 Å². The number of ether oxygens (including phenoxy) is 1. The summed E-state index contributed by atoms with van der Waals surface area (Å²) < 4.78 is 5.42. The minimum absolute atomic E-state index is 0.241. The molecule has 1 aromatic heterocycles. The van der Waals surface area contributed by atoms with Crippen LogP contribution >= 0.6 is 11.3 Å². The fourth-order valence-electron chi connectivity index (χ4n) is 1.99. The molecule has 6 heteroatoms. The molecule has 0 radical (unpaired) electrons. The van der Waals surface area contributed by atoms with Crippen molar-refractivity contribution in [2.45, 2.75) is 59.2 Å². The van der Waals surface area contributed by atoms with Crippen molar-refractivity contribution >= 4 is 22.6 Å². The first kappa shape index (κ1) is 15.1. The standard InChI is InChI=1S/C14H23N3O2S/c1-9(2)15-12-16-10-6-7-17(8-11(10)20-12)13(18)19-14(3,4)5/h9H,6-8H2,1-5H3,(H,15,16). The zero-order valence-corrected chi connectivity index (χ0v) is 13.6. The van der Waals surface area contributed by atoms with Crippen LogP contribution in [0.15, 0.2) is 0 Å². The Morgan fingerprint density at radius 2 is 2.15 bits per heavy atom. The average Bonchev–Trinajstić information content (AvgIpc) is 2.66. The van der Waals surface area contributed by atoms with Gasteiger partial charge in [0.15, 0.2) is 5.13 Å². The Kier molecular flexibility index (Phi) is 4.22. The van der Waals surface area contributed by atoms with Crippen LogP contribution in [0.1, 0.15) is 45.2 Å². The second kappa shape index (κ2) is 5.60. The molecule has 1 N–H and O–H groups in total. The van der Waals surface area contributed by atoms with Crippen molar-refractivity contribution in [2.75, 3.05) is 11.9 Å². The van der Waals surface area contributed by atoms with Gasteiger partial charge in [-0.3, -0.25) is 0 Å². The van der Waals surface area contributed by atoms with Gasteiger partial charge in [-0.15, -0.1) is 0 Å². The van der Waals surface area contributed by atoms with E-state index >= 15 is 0 Å². The second-order valence-electron chi connectivity index (χ2n) is 6.34. The highest BCUT2D eigenvalue weighted by molar-refractivity contribution is 7.15. The maximum absolute atomic E-state index is 12.1. The topological polar surface area (TPSA) is 54.5 Å². The summed E-state index contributed by atoms with van der Waals surface area (Å²) in [6, 6.07) is 0.365. The minimum Gasteiger partial charge on any atom is -0.444 e. The van der Waals surface area contributed by atoms with Crippen molar-refractivity contribution in [3.63, 3.8) is 0 Å². The largest absolute Gasteiger partial charge is 0.444 e. The smallest absolute Gasteiger partial charge is 0.410 e. The molecule has 0 fully saturated rings. The quantitative estimate of drug-likeness (QED) is 0.910. The van der Waals surface area contributed by atoms with Crippen LogP contribution in [0, 0.1) is 0 Å². The summed E-state index contributed by atoms with van der Waals surface area (Å²) in [5.41, 5.74) is 0.660. The Balaban J connectivity index is 2.03. The van der Waals surface area contributed by atoms with E-state index in [1.165, 1.54) is 0 Å². The van der Waals surface area contributed by atoms with Gasteiger partial charge in [0.05, 0.1) is 12.2 Å². The molecule has 0 atom stereocenters. The maximum Gasteiger partial charge on any atom is 0.410 e. The number of fused-ring (bicyclic) bond motifs is 1. The third kappa shape index (κ3) is 3.85. The molecule has 0 spiro atoms. The number of rotatable bonds is 2. The molecule has 0 aliphatic carbocycles. The predicted molar refractivity (Wildman–Crippen MR) is 81.2 cm³/mol. The molecule has 0 saturated heterocycles. The Bertz CT molecular complexity index is 491. The van der Waals surface area contributed by atoms with Crippen LogP contribution < -0.4 is 5.32 Å². The van der Waals surface area contributed by atoms with Crippen LogP contribution in [-0.2, 0) is 17.7 Å². The minimum atomic E-state index is -0.449. The van der Waals surface area contributed by atoms with Crippen LogP contribution in [0.4, 0.5) is 9.93 Å². The van der Waals surface area contributed by atoms with Crippen LogP contribution in [0.5, 0.6) is 0 Å². The van der Waals surface area contributed by atoms with Gasteiger partial charge in [-0.05, 0) is 34.6 Å². The lowest BCUT2D eigenvalue weighted by Crippen LogP contribution is -2.39. The summed E-state index contributed by atoms with van der Waals surface area (Å²) in [4.78, 5) is 19.6. The van der Waals surface area contributed by atoms with E-state index in [9.17, 15) is 4.79 Å². The van der Waals surface area contributed by atoms with Crippen molar-refractivity contribution in [1.29, 1.82) is 0 Å². The molecule has 112 valence electrons. The molecule has 0 aromatic carbocycles. The third-order valence-electron chi connectivity index (χ3n) is 2.80. The fourth-order valence-corrected chi connectivity index (χ4v) is 3.16. The van der Waals surface area contributed by atoms with Gasteiger partial charge in [-0.1, -0.05) is 11.3 Å². The fraction of sp³-hybridized carbons (Fsp3) is 0.714. The second-order valence-corrected chi connectivity index (χ2v) is 7.42. The molecule has 20 heavy (non-hydrogen) atoms. The van der Waals surface area contributed by atoms with Gasteiger partial charge in [-0.25, -0.2) is 9.78 Å². The van der Waals surface area contributed by atoms with Gasteiger partial charge in [0.25, 0.3) is 0 Å². The lowest BCUT2D eigenvalue weighted by Gasteiger charge is -2.29. The summed E-state index contributed by atoms with van der Waals surface area (Å²) in [6.07, 6.45) is 0.556. The predicted octanol–water partition coefficient (Wildman–Crippen LogP) is 3.26. The zero-order valence-electron chi connectivity index (χ0n) is 12.8. The Morgan fingerprint density at radius 3 is 2.75 bits per heavy atom. The Morgan fingerprint density at radius 1 is 1.45 bits per heavy atom. The van der Waals surface area contributed by atoms with Gasteiger partial charge in [0.2, 0.25) is 0 Å². The lowest BCUT2D eigenvalue weighted by molar-refractivity contribution is 0.0226. The molecule has 1 aliphatic rings. The van der Waals surface area contributed by atoms with Crippen molar-refractivity contribution in [2.24, 2.45) is 0 Å². The number of hydrogen-bond acceptors (Lipinski definition) is 5. The highest BCUT2D eigenvalue weighted by atomic mass is 32.1. The molecule has 2 heterocycles. The van der Waals surface area contributed by atoms with Gasteiger partial charge in [0, 0.05) is 23.9 Å². The van der Waals surface area contributed by atoms with E-state index in [-0.39, 0.29) is 6.09 Å². The van der Waals surface area contributed by atoms with Gasteiger partial charge < -0.3 is 15.0 Å². The summed E-state index contributed by atoms with van der Waals surface area (Å²) in [5.74, 6) is 0. The van der Waals surface area contributed by atoms with Gasteiger partial charge in [-0.2, -0.15) is 0 Å². The molecule has 0 saturated carbocycles.